The van der Waals surface area contributed by atoms with Gasteiger partial charge in [-0.25, -0.2) is 4.98 Å². The zero-order valence-corrected chi connectivity index (χ0v) is 15.5. The first-order valence-corrected chi connectivity index (χ1v) is 8.07. The lowest BCUT2D eigenvalue weighted by molar-refractivity contribution is 0.0681. The predicted octanol–water partition coefficient (Wildman–Crippen LogP) is 3.54. The van der Waals surface area contributed by atoms with Crippen LogP contribution in [0.5, 0.6) is 0 Å². The van der Waals surface area contributed by atoms with E-state index in [4.69, 9.17) is 0 Å². The number of halogens is 2. The molecule has 6 heteroatoms. The van der Waals surface area contributed by atoms with E-state index in [2.05, 4.69) is 10.3 Å². The number of pyridine rings is 1. The number of fused-ring (bicyclic) bond motifs is 1. The zero-order chi connectivity index (χ0) is 15.4. The summed E-state index contributed by atoms with van der Waals surface area (Å²) in [5.41, 5.74) is 1.45. The highest BCUT2D eigenvalue weighted by molar-refractivity contribution is 5.94. The van der Waals surface area contributed by atoms with E-state index < -0.39 is 0 Å². The zero-order valence-electron chi connectivity index (χ0n) is 13.9. The highest BCUT2D eigenvalue weighted by atomic mass is 35.5. The Balaban J connectivity index is 0.00000144. The standard InChI is InChI=1S/C18H23N3O.2ClH/c1-19-11-8-14-9-12-21(13-10-14)18(22)17-7-6-15-4-2-3-5-16(15)20-17;;/h2-7,14,19H,8-13H2,1H3;2*1H. The van der Waals surface area contributed by atoms with Gasteiger partial charge in [0.2, 0.25) is 0 Å². The van der Waals surface area contributed by atoms with E-state index in [0.717, 1.165) is 49.3 Å². The van der Waals surface area contributed by atoms with E-state index in [1.54, 1.807) is 0 Å². The molecule has 2 aromatic rings. The van der Waals surface area contributed by atoms with Crippen LogP contribution in [0.1, 0.15) is 29.8 Å². The average molecular weight is 370 g/mol. The first kappa shape index (κ1) is 20.7. The summed E-state index contributed by atoms with van der Waals surface area (Å²) in [6.45, 7) is 2.76. The van der Waals surface area contributed by atoms with Gasteiger partial charge in [-0.15, -0.1) is 24.8 Å². The summed E-state index contributed by atoms with van der Waals surface area (Å²) in [6, 6.07) is 11.7. The number of hydrogen-bond donors (Lipinski definition) is 1. The molecule has 1 amide bonds. The number of amides is 1. The van der Waals surface area contributed by atoms with E-state index in [0.29, 0.717) is 5.69 Å². The normalized spacial score (nSPS) is 14.8. The molecule has 0 unspecified atom stereocenters. The smallest absolute Gasteiger partial charge is 0.272 e. The Morgan fingerprint density at radius 3 is 2.58 bits per heavy atom. The topological polar surface area (TPSA) is 45.2 Å². The molecule has 0 spiro atoms. The monoisotopic (exact) mass is 369 g/mol. The van der Waals surface area contributed by atoms with Crippen LogP contribution in [0, 0.1) is 5.92 Å². The van der Waals surface area contributed by atoms with Gasteiger partial charge in [0.1, 0.15) is 5.69 Å². The summed E-state index contributed by atoms with van der Waals surface area (Å²) >= 11 is 0. The molecule has 1 aromatic heterocycles. The number of benzene rings is 1. The molecule has 1 saturated heterocycles. The third-order valence-corrected chi connectivity index (χ3v) is 4.52. The second-order valence-electron chi connectivity index (χ2n) is 6.02. The highest BCUT2D eigenvalue weighted by Crippen LogP contribution is 2.21. The van der Waals surface area contributed by atoms with Crippen molar-refractivity contribution in [2.24, 2.45) is 5.92 Å². The molecular formula is C18H25Cl2N3O. The van der Waals surface area contributed by atoms with E-state index in [1.807, 2.05) is 48.3 Å². The quantitative estimate of drug-likeness (QED) is 0.896. The Morgan fingerprint density at radius 2 is 1.88 bits per heavy atom. The van der Waals surface area contributed by atoms with Crippen LogP contribution in [0.4, 0.5) is 0 Å². The number of nitrogens with one attached hydrogen (secondary N) is 1. The van der Waals surface area contributed by atoms with E-state index >= 15 is 0 Å². The van der Waals surface area contributed by atoms with Crippen molar-refractivity contribution >= 4 is 41.6 Å². The van der Waals surface area contributed by atoms with Gasteiger partial charge in [-0.1, -0.05) is 24.3 Å². The van der Waals surface area contributed by atoms with Gasteiger partial charge in [0.25, 0.3) is 5.91 Å². The van der Waals surface area contributed by atoms with Gasteiger partial charge in [-0.05, 0) is 50.9 Å². The molecule has 1 aromatic carbocycles. The van der Waals surface area contributed by atoms with Crippen molar-refractivity contribution in [1.29, 1.82) is 0 Å². The first-order chi connectivity index (χ1) is 10.8. The van der Waals surface area contributed by atoms with Crippen LogP contribution in [0.2, 0.25) is 0 Å². The molecule has 1 aliphatic heterocycles. The molecule has 0 saturated carbocycles. The van der Waals surface area contributed by atoms with Crippen LogP contribution in [0.3, 0.4) is 0 Å². The number of nitrogens with zero attached hydrogens (tertiary/aromatic N) is 2. The molecule has 0 radical (unpaired) electrons. The fourth-order valence-electron chi connectivity index (χ4n) is 3.12. The molecule has 132 valence electrons. The second-order valence-corrected chi connectivity index (χ2v) is 6.02. The van der Waals surface area contributed by atoms with E-state index in [1.165, 1.54) is 6.42 Å². The molecule has 24 heavy (non-hydrogen) atoms. The summed E-state index contributed by atoms with van der Waals surface area (Å²) in [5, 5.41) is 4.28. The summed E-state index contributed by atoms with van der Waals surface area (Å²) in [5.74, 6) is 0.805. The number of para-hydroxylation sites is 1. The maximum atomic E-state index is 12.6. The van der Waals surface area contributed by atoms with Gasteiger partial charge in [0, 0.05) is 18.5 Å². The van der Waals surface area contributed by atoms with Crippen molar-refractivity contribution in [1.82, 2.24) is 15.2 Å². The lowest BCUT2D eigenvalue weighted by Crippen LogP contribution is -2.39. The Morgan fingerprint density at radius 1 is 1.17 bits per heavy atom. The van der Waals surface area contributed by atoms with Crippen LogP contribution in [-0.4, -0.2) is 42.5 Å². The third-order valence-electron chi connectivity index (χ3n) is 4.52. The minimum Gasteiger partial charge on any atom is -0.337 e. The summed E-state index contributed by atoms with van der Waals surface area (Å²) in [6.07, 6.45) is 3.40. The summed E-state index contributed by atoms with van der Waals surface area (Å²) in [4.78, 5) is 19.1. The number of hydrogen-bond acceptors (Lipinski definition) is 3. The Labute approximate surface area is 155 Å². The highest BCUT2D eigenvalue weighted by Gasteiger charge is 2.24. The summed E-state index contributed by atoms with van der Waals surface area (Å²) in [7, 11) is 1.99. The number of rotatable bonds is 4. The lowest BCUT2D eigenvalue weighted by Gasteiger charge is -2.31. The first-order valence-electron chi connectivity index (χ1n) is 8.07. The average Bonchev–Trinajstić information content (AvgIpc) is 2.59. The molecule has 0 bridgehead atoms. The number of carbonyl (C=O) groups excluding carboxylic acids is 1. The van der Waals surface area contributed by atoms with Crippen molar-refractivity contribution in [2.75, 3.05) is 26.7 Å². The van der Waals surface area contributed by atoms with Gasteiger partial charge < -0.3 is 10.2 Å². The van der Waals surface area contributed by atoms with Crippen LogP contribution in [-0.2, 0) is 0 Å². The molecule has 0 aliphatic carbocycles. The number of aromatic nitrogens is 1. The third kappa shape index (κ3) is 4.82. The van der Waals surface area contributed by atoms with Gasteiger partial charge in [0.15, 0.2) is 0 Å². The fraction of sp³-hybridized carbons (Fsp3) is 0.444. The Kier molecular flexibility index (Phi) is 8.46. The fourth-order valence-corrected chi connectivity index (χ4v) is 3.12. The molecule has 3 rings (SSSR count). The number of likely N-dealkylation sites (tertiary alicyclic amines) is 1. The van der Waals surface area contributed by atoms with Crippen LogP contribution < -0.4 is 5.32 Å². The summed E-state index contributed by atoms with van der Waals surface area (Å²) < 4.78 is 0. The second kappa shape index (κ2) is 9.82. The van der Waals surface area contributed by atoms with Crippen LogP contribution in [0.25, 0.3) is 10.9 Å². The number of piperidine rings is 1. The molecule has 4 nitrogen and oxygen atoms in total. The SMILES string of the molecule is CNCCC1CCN(C(=O)c2ccc3ccccc3n2)CC1.Cl.Cl. The van der Waals surface area contributed by atoms with Crippen molar-refractivity contribution in [3.8, 4) is 0 Å². The molecule has 1 N–H and O–H groups in total. The lowest BCUT2D eigenvalue weighted by atomic mass is 9.93. The minimum atomic E-state index is 0. The van der Waals surface area contributed by atoms with Gasteiger partial charge in [0.05, 0.1) is 5.52 Å². The van der Waals surface area contributed by atoms with Crippen molar-refractivity contribution in [3.63, 3.8) is 0 Å². The van der Waals surface area contributed by atoms with E-state index in [9.17, 15) is 4.79 Å². The van der Waals surface area contributed by atoms with Crippen molar-refractivity contribution < 1.29 is 4.79 Å². The maximum Gasteiger partial charge on any atom is 0.272 e. The molecule has 0 atom stereocenters. The van der Waals surface area contributed by atoms with Crippen LogP contribution in [0.15, 0.2) is 36.4 Å². The number of carbonyl (C=O) groups is 1. The minimum absolute atomic E-state index is 0. The molecule has 1 aliphatic rings. The van der Waals surface area contributed by atoms with Gasteiger partial charge in [-0.2, -0.15) is 0 Å². The van der Waals surface area contributed by atoms with Gasteiger partial charge in [-0.3, -0.25) is 4.79 Å². The van der Waals surface area contributed by atoms with Crippen molar-refractivity contribution in [2.45, 2.75) is 19.3 Å². The van der Waals surface area contributed by atoms with Gasteiger partial charge >= 0.3 is 0 Å². The largest absolute Gasteiger partial charge is 0.337 e. The van der Waals surface area contributed by atoms with Crippen LogP contribution >= 0.6 is 24.8 Å². The van der Waals surface area contributed by atoms with Crippen molar-refractivity contribution in [3.05, 3.63) is 42.1 Å². The molecule has 2 heterocycles. The molecule has 1 fully saturated rings. The Bertz CT molecular complexity index is 658. The predicted molar refractivity (Wildman–Crippen MR) is 103 cm³/mol. The Hall–Kier alpha value is -1.36. The molecular weight excluding hydrogens is 345 g/mol. The van der Waals surface area contributed by atoms with E-state index in [-0.39, 0.29) is 30.7 Å². The maximum absolute atomic E-state index is 12.6.